The Bertz CT molecular complexity index is 599. The number of nitrogens with one attached hydrogen (secondary N) is 1. The summed E-state index contributed by atoms with van der Waals surface area (Å²) in [5.74, 6) is -0.267. The first-order valence-electron chi connectivity index (χ1n) is 5.43. The molecule has 18 heavy (non-hydrogen) atoms. The van der Waals surface area contributed by atoms with E-state index in [1.54, 1.807) is 6.07 Å². The van der Waals surface area contributed by atoms with Crippen LogP contribution in [0.3, 0.4) is 0 Å². The Kier molecular flexibility index (Phi) is 3.58. The molecule has 5 heteroatoms. The van der Waals surface area contributed by atoms with Crippen molar-refractivity contribution < 1.29 is 4.79 Å². The summed E-state index contributed by atoms with van der Waals surface area (Å²) in [6.45, 7) is 3.75. The Balaban J connectivity index is 2.24. The fraction of sp³-hybridized carbons (Fsp3) is 0.154. The summed E-state index contributed by atoms with van der Waals surface area (Å²) >= 11 is 5.91. The van der Waals surface area contributed by atoms with Crippen molar-refractivity contribution in [3.8, 4) is 0 Å². The molecule has 92 valence electrons. The summed E-state index contributed by atoms with van der Waals surface area (Å²) < 4.78 is 0. The van der Waals surface area contributed by atoms with E-state index in [1.807, 2.05) is 26.0 Å². The van der Waals surface area contributed by atoms with Crippen LogP contribution in [0.2, 0.25) is 5.02 Å². The molecule has 0 atom stereocenters. The quantitative estimate of drug-likeness (QED) is 0.904. The zero-order valence-corrected chi connectivity index (χ0v) is 10.8. The zero-order chi connectivity index (χ0) is 13.1. The van der Waals surface area contributed by atoms with Crippen molar-refractivity contribution in [2.45, 2.75) is 13.8 Å². The Morgan fingerprint density at radius 3 is 2.72 bits per heavy atom. The first-order valence-corrected chi connectivity index (χ1v) is 5.81. The lowest BCUT2D eigenvalue weighted by Gasteiger charge is -2.09. The van der Waals surface area contributed by atoms with Crippen molar-refractivity contribution in [1.29, 1.82) is 0 Å². The van der Waals surface area contributed by atoms with Crippen molar-refractivity contribution in [3.63, 3.8) is 0 Å². The minimum absolute atomic E-state index is 0.267. The van der Waals surface area contributed by atoms with Gasteiger partial charge in [-0.1, -0.05) is 11.6 Å². The van der Waals surface area contributed by atoms with Crippen molar-refractivity contribution in [3.05, 3.63) is 52.6 Å². The molecule has 4 nitrogen and oxygen atoms in total. The highest BCUT2D eigenvalue weighted by Gasteiger charge is 2.11. The fourth-order valence-electron chi connectivity index (χ4n) is 1.57. The summed E-state index contributed by atoms with van der Waals surface area (Å²) in [5, 5.41) is 3.11. The van der Waals surface area contributed by atoms with E-state index < -0.39 is 0 Å². The Hall–Kier alpha value is -1.94. The number of rotatable bonds is 2. The van der Waals surface area contributed by atoms with Gasteiger partial charge in [-0.05, 0) is 32.0 Å². The summed E-state index contributed by atoms with van der Waals surface area (Å²) in [6, 6.07) is 5.25. The molecule has 2 aromatic rings. The maximum atomic E-state index is 12.0. The second-order valence-electron chi connectivity index (χ2n) is 3.90. The molecule has 0 unspecified atom stereocenters. The average Bonchev–Trinajstić information content (AvgIpc) is 2.33. The van der Waals surface area contributed by atoms with Crippen LogP contribution in [-0.2, 0) is 0 Å². The second-order valence-corrected chi connectivity index (χ2v) is 4.30. The van der Waals surface area contributed by atoms with Gasteiger partial charge >= 0.3 is 0 Å². The van der Waals surface area contributed by atoms with Crippen LogP contribution in [0.4, 0.5) is 5.69 Å². The molecule has 0 fully saturated rings. The van der Waals surface area contributed by atoms with Crippen LogP contribution < -0.4 is 5.32 Å². The summed E-state index contributed by atoms with van der Waals surface area (Å²) in [4.78, 5) is 20.1. The Morgan fingerprint density at radius 2 is 2.06 bits per heavy atom. The lowest BCUT2D eigenvalue weighted by atomic mass is 10.2. The van der Waals surface area contributed by atoms with Gasteiger partial charge in [0.1, 0.15) is 0 Å². The van der Waals surface area contributed by atoms with Crippen LogP contribution in [0.1, 0.15) is 21.7 Å². The maximum absolute atomic E-state index is 12.0. The number of amides is 1. The third kappa shape index (κ3) is 2.65. The molecule has 0 spiro atoms. The number of anilines is 1. The maximum Gasteiger partial charge on any atom is 0.257 e. The smallest absolute Gasteiger partial charge is 0.257 e. The third-order valence-corrected chi connectivity index (χ3v) is 2.79. The molecule has 0 aromatic carbocycles. The molecule has 0 bridgehead atoms. The molecule has 2 rings (SSSR count). The largest absolute Gasteiger partial charge is 0.320 e. The van der Waals surface area contributed by atoms with Crippen LogP contribution in [0.25, 0.3) is 0 Å². The molecule has 2 aromatic heterocycles. The summed E-state index contributed by atoms with van der Waals surface area (Å²) in [6.07, 6.45) is 2.97. The highest BCUT2D eigenvalue weighted by Crippen LogP contribution is 2.17. The number of aromatic nitrogens is 2. The fourth-order valence-corrected chi connectivity index (χ4v) is 1.77. The highest BCUT2D eigenvalue weighted by atomic mass is 35.5. The minimum atomic E-state index is -0.267. The van der Waals surface area contributed by atoms with Gasteiger partial charge in [-0.3, -0.25) is 14.8 Å². The molecule has 2 heterocycles. The topological polar surface area (TPSA) is 54.9 Å². The number of hydrogen-bond donors (Lipinski definition) is 1. The van der Waals surface area contributed by atoms with E-state index >= 15 is 0 Å². The van der Waals surface area contributed by atoms with Gasteiger partial charge in [0.15, 0.2) is 0 Å². The molecule has 0 aliphatic rings. The second kappa shape index (κ2) is 5.14. The molecule has 0 aliphatic carbocycles. The van der Waals surface area contributed by atoms with E-state index in [1.165, 1.54) is 12.4 Å². The van der Waals surface area contributed by atoms with E-state index in [9.17, 15) is 4.79 Å². The molecule has 1 N–H and O–H groups in total. The number of carbonyl (C=O) groups is 1. The molecular weight excluding hydrogens is 250 g/mol. The minimum Gasteiger partial charge on any atom is -0.320 e. The van der Waals surface area contributed by atoms with E-state index in [-0.39, 0.29) is 5.91 Å². The predicted molar refractivity (Wildman–Crippen MR) is 70.9 cm³/mol. The Labute approximate surface area is 110 Å². The molecule has 1 amide bonds. The van der Waals surface area contributed by atoms with Crippen LogP contribution in [0.5, 0.6) is 0 Å². The summed E-state index contributed by atoms with van der Waals surface area (Å²) in [5.41, 5.74) is 2.76. The van der Waals surface area contributed by atoms with Crippen LogP contribution >= 0.6 is 11.6 Å². The number of pyridine rings is 2. The van der Waals surface area contributed by atoms with Gasteiger partial charge in [-0.2, -0.15) is 0 Å². The summed E-state index contributed by atoms with van der Waals surface area (Å²) in [7, 11) is 0. The van der Waals surface area contributed by atoms with Crippen LogP contribution in [0.15, 0.2) is 30.6 Å². The molecule has 0 saturated heterocycles. The average molecular weight is 262 g/mol. The van der Waals surface area contributed by atoms with Gasteiger partial charge in [-0.15, -0.1) is 0 Å². The van der Waals surface area contributed by atoms with Gasteiger partial charge in [0.2, 0.25) is 0 Å². The van der Waals surface area contributed by atoms with E-state index in [0.29, 0.717) is 16.3 Å². The predicted octanol–water partition coefficient (Wildman–Crippen LogP) is 3.00. The lowest BCUT2D eigenvalue weighted by Crippen LogP contribution is -2.14. The number of aryl methyl sites for hydroxylation is 2. The number of carbonyl (C=O) groups excluding carboxylic acids is 1. The SMILES string of the molecule is Cc1ccc(NC(=O)c2ccncc2Cl)c(C)n1. The molecule has 0 aliphatic heterocycles. The van der Waals surface area contributed by atoms with Gasteiger partial charge in [0.05, 0.1) is 22.0 Å². The zero-order valence-electron chi connectivity index (χ0n) is 10.1. The van der Waals surface area contributed by atoms with Gasteiger partial charge < -0.3 is 5.32 Å². The van der Waals surface area contributed by atoms with E-state index in [0.717, 1.165) is 11.4 Å². The van der Waals surface area contributed by atoms with Gasteiger partial charge in [-0.25, -0.2) is 0 Å². The monoisotopic (exact) mass is 261 g/mol. The number of hydrogen-bond acceptors (Lipinski definition) is 3. The lowest BCUT2D eigenvalue weighted by molar-refractivity contribution is 0.102. The van der Waals surface area contributed by atoms with Crippen molar-refractivity contribution in [2.75, 3.05) is 5.32 Å². The highest BCUT2D eigenvalue weighted by molar-refractivity contribution is 6.34. The first-order chi connectivity index (χ1) is 8.58. The van der Waals surface area contributed by atoms with Gasteiger partial charge in [0.25, 0.3) is 5.91 Å². The third-order valence-electron chi connectivity index (χ3n) is 2.49. The van der Waals surface area contributed by atoms with Crippen molar-refractivity contribution in [1.82, 2.24) is 9.97 Å². The Morgan fingerprint density at radius 1 is 1.28 bits per heavy atom. The van der Waals surface area contributed by atoms with Crippen LogP contribution in [-0.4, -0.2) is 15.9 Å². The molecule has 0 saturated carbocycles. The van der Waals surface area contributed by atoms with Crippen molar-refractivity contribution in [2.24, 2.45) is 0 Å². The van der Waals surface area contributed by atoms with E-state index in [2.05, 4.69) is 15.3 Å². The number of nitrogens with zero attached hydrogens (tertiary/aromatic N) is 2. The molecular formula is C13H12ClN3O. The first kappa shape index (κ1) is 12.5. The molecule has 0 radical (unpaired) electrons. The van der Waals surface area contributed by atoms with Crippen LogP contribution in [0, 0.1) is 13.8 Å². The standard InChI is InChI=1S/C13H12ClN3O/c1-8-3-4-12(9(2)16-8)17-13(18)10-5-6-15-7-11(10)14/h3-7H,1-2H3,(H,17,18). The van der Waals surface area contributed by atoms with Gasteiger partial charge in [0, 0.05) is 18.1 Å². The number of halogens is 1. The van der Waals surface area contributed by atoms with Crippen molar-refractivity contribution >= 4 is 23.2 Å². The van der Waals surface area contributed by atoms with E-state index in [4.69, 9.17) is 11.6 Å². The normalized spacial score (nSPS) is 10.2.